The van der Waals surface area contributed by atoms with Crippen molar-refractivity contribution >= 4 is 11.4 Å². The molecule has 0 atom stereocenters. The number of rotatable bonds is 7. The van der Waals surface area contributed by atoms with Crippen molar-refractivity contribution in [3.8, 4) is 0 Å². The highest BCUT2D eigenvalue weighted by molar-refractivity contribution is 5.42. The Morgan fingerprint density at radius 2 is 1.29 bits per heavy atom. The highest BCUT2D eigenvalue weighted by Crippen LogP contribution is 2.19. The predicted molar refractivity (Wildman–Crippen MR) is 88.2 cm³/mol. The molecule has 0 aromatic heterocycles. The van der Waals surface area contributed by atoms with E-state index in [1.165, 1.54) is 24.8 Å². The molecular weight excluding hydrogens is 258 g/mol. The zero-order chi connectivity index (χ0) is 14.9. The molecule has 0 bridgehead atoms. The van der Waals surface area contributed by atoms with E-state index in [1.807, 2.05) is 36.4 Å². The van der Waals surface area contributed by atoms with Crippen molar-refractivity contribution in [1.29, 1.82) is 0 Å². The minimum Gasteiger partial charge on any atom is -0.326 e. The highest BCUT2D eigenvalue weighted by Gasteiger charge is 1.95. The first-order valence-corrected chi connectivity index (χ1v) is 7.61. The summed E-state index contributed by atoms with van der Waals surface area (Å²) in [6.07, 6.45) is 4.95. The maximum atomic E-state index is 5.57. The number of azo groups is 1. The Bertz CT molecular complexity index is 556. The summed E-state index contributed by atoms with van der Waals surface area (Å²) in [5.74, 6) is 0. The van der Waals surface area contributed by atoms with Gasteiger partial charge in [-0.2, -0.15) is 10.2 Å². The normalized spacial score (nSPS) is 11.1. The molecule has 3 heteroatoms. The van der Waals surface area contributed by atoms with Crippen LogP contribution in [0.25, 0.3) is 0 Å². The van der Waals surface area contributed by atoms with Crippen molar-refractivity contribution in [3.63, 3.8) is 0 Å². The number of benzene rings is 2. The van der Waals surface area contributed by atoms with E-state index in [-0.39, 0.29) is 0 Å². The first-order valence-electron chi connectivity index (χ1n) is 7.61. The number of unbranched alkanes of at least 4 members (excludes halogenated alkanes) is 2. The smallest absolute Gasteiger partial charge is 0.0857 e. The maximum Gasteiger partial charge on any atom is 0.0857 e. The second-order valence-electron chi connectivity index (χ2n) is 5.19. The Kier molecular flexibility index (Phi) is 6.10. The molecule has 0 aliphatic heterocycles. The second kappa shape index (κ2) is 8.32. The van der Waals surface area contributed by atoms with Crippen molar-refractivity contribution in [2.24, 2.45) is 16.0 Å². The third-order valence-electron chi connectivity index (χ3n) is 3.46. The van der Waals surface area contributed by atoms with Crippen molar-refractivity contribution in [1.82, 2.24) is 0 Å². The number of nitrogens with zero attached hydrogens (tertiary/aromatic N) is 2. The maximum absolute atomic E-state index is 5.57. The van der Waals surface area contributed by atoms with Gasteiger partial charge in [0.15, 0.2) is 0 Å². The third kappa shape index (κ3) is 5.12. The first-order chi connectivity index (χ1) is 10.3. The molecule has 2 N–H and O–H groups in total. The van der Waals surface area contributed by atoms with Gasteiger partial charge in [0.1, 0.15) is 0 Å². The molecule has 21 heavy (non-hydrogen) atoms. The van der Waals surface area contributed by atoms with Crippen molar-refractivity contribution in [3.05, 3.63) is 59.7 Å². The molecule has 0 saturated carbocycles. The largest absolute Gasteiger partial charge is 0.326 e. The summed E-state index contributed by atoms with van der Waals surface area (Å²) < 4.78 is 0. The zero-order valence-electron chi connectivity index (χ0n) is 12.6. The van der Waals surface area contributed by atoms with E-state index in [0.717, 1.165) is 23.4 Å². The fourth-order valence-corrected chi connectivity index (χ4v) is 2.12. The lowest BCUT2D eigenvalue weighted by Gasteiger charge is -2.01. The van der Waals surface area contributed by atoms with Gasteiger partial charge < -0.3 is 5.73 Å². The molecule has 0 unspecified atom stereocenters. The van der Waals surface area contributed by atoms with E-state index < -0.39 is 0 Å². The monoisotopic (exact) mass is 281 g/mol. The molecule has 3 nitrogen and oxygen atoms in total. The molecule has 0 spiro atoms. The summed E-state index contributed by atoms with van der Waals surface area (Å²) in [5.41, 5.74) is 9.77. The SMILES string of the molecule is CCCCCc1ccc(N=Nc2ccc(CN)cc2)cc1. The minimum absolute atomic E-state index is 0.552. The topological polar surface area (TPSA) is 50.7 Å². The van der Waals surface area contributed by atoms with Crippen molar-refractivity contribution < 1.29 is 0 Å². The molecular formula is C18H23N3. The molecule has 0 fully saturated rings. The Hall–Kier alpha value is -2.00. The number of hydrogen-bond donors (Lipinski definition) is 1. The fourth-order valence-electron chi connectivity index (χ4n) is 2.12. The summed E-state index contributed by atoms with van der Waals surface area (Å²) in [5, 5.41) is 8.50. The Morgan fingerprint density at radius 3 is 1.76 bits per heavy atom. The van der Waals surface area contributed by atoms with Gasteiger partial charge in [0.05, 0.1) is 11.4 Å². The summed E-state index contributed by atoms with van der Waals surface area (Å²) in [6, 6.07) is 16.2. The fraction of sp³-hybridized carbons (Fsp3) is 0.333. The molecule has 0 saturated heterocycles. The molecule has 0 heterocycles. The molecule has 110 valence electrons. The van der Waals surface area contributed by atoms with E-state index in [4.69, 9.17) is 5.73 Å². The summed E-state index contributed by atoms with van der Waals surface area (Å²) >= 11 is 0. The number of nitrogens with two attached hydrogens (primary N) is 1. The molecule has 2 aromatic rings. The van der Waals surface area contributed by atoms with Crippen LogP contribution in [0.3, 0.4) is 0 Å². The van der Waals surface area contributed by atoms with Gasteiger partial charge in [0.25, 0.3) is 0 Å². The van der Waals surface area contributed by atoms with E-state index in [9.17, 15) is 0 Å². The second-order valence-corrected chi connectivity index (χ2v) is 5.19. The van der Waals surface area contributed by atoms with Gasteiger partial charge in [-0.05, 0) is 48.2 Å². The molecule has 0 radical (unpaired) electrons. The lowest BCUT2D eigenvalue weighted by molar-refractivity contribution is 0.717. The Balaban J connectivity index is 1.93. The van der Waals surface area contributed by atoms with Crippen LogP contribution in [0.4, 0.5) is 11.4 Å². The van der Waals surface area contributed by atoms with Gasteiger partial charge in [-0.15, -0.1) is 0 Å². The van der Waals surface area contributed by atoms with Crippen LogP contribution in [0.15, 0.2) is 58.8 Å². The van der Waals surface area contributed by atoms with Crippen LogP contribution in [-0.2, 0) is 13.0 Å². The average molecular weight is 281 g/mol. The van der Waals surface area contributed by atoms with Crippen LogP contribution in [0, 0.1) is 0 Å². The van der Waals surface area contributed by atoms with Gasteiger partial charge in [-0.3, -0.25) is 0 Å². The first kappa shape index (κ1) is 15.4. The average Bonchev–Trinajstić information content (AvgIpc) is 2.55. The number of aryl methyl sites for hydroxylation is 1. The van der Waals surface area contributed by atoms with Crippen LogP contribution >= 0.6 is 0 Å². The van der Waals surface area contributed by atoms with Crippen LogP contribution in [0.5, 0.6) is 0 Å². The van der Waals surface area contributed by atoms with Gasteiger partial charge in [0.2, 0.25) is 0 Å². The Morgan fingerprint density at radius 1 is 0.762 bits per heavy atom. The summed E-state index contributed by atoms with van der Waals surface area (Å²) in [6.45, 7) is 2.78. The van der Waals surface area contributed by atoms with Crippen LogP contribution in [-0.4, -0.2) is 0 Å². The quantitative estimate of drug-likeness (QED) is 0.544. The van der Waals surface area contributed by atoms with Crippen LogP contribution in [0.2, 0.25) is 0 Å². The molecule has 0 aliphatic rings. The van der Waals surface area contributed by atoms with E-state index in [0.29, 0.717) is 6.54 Å². The molecule has 2 rings (SSSR count). The van der Waals surface area contributed by atoms with E-state index in [2.05, 4.69) is 29.3 Å². The summed E-state index contributed by atoms with van der Waals surface area (Å²) in [4.78, 5) is 0. The summed E-state index contributed by atoms with van der Waals surface area (Å²) in [7, 11) is 0. The number of hydrogen-bond acceptors (Lipinski definition) is 3. The van der Waals surface area contributed by atoms with E-state index in [1.54, 1.807) is 0 Å². The van der Waals surface area contributed by atoms with Gasteiger partial charge >= 0.3 is 0 Å². The standard InChI is InChI=1S/C18H23N3/c1-2-3-4-5-15-6-10-17(11-7-15)20-21-18-12-8-16(14-19)9-13-18/h6-13H,2-5,14,19H2,1H3. The molecule has 0 amide bonds. The van der Waals surface area contributed by atoms with Crippen molar-refractivity contribution in [2.45, 2.75) is 39.2 Å². The van der Waals surface area contributed by atoms with Crippen molar-refractivity contribution in [2.75, 3.05) is 0 Å². The Labute approximate surface area is 126 Å². The predicted octanol–water partition coefficient (Wildman–Crippen LogP) is 5.29. The minimum atomic E-state index is 0.552. The van der Waals surface area contributed by atoms with Crippen LogP contribution < -0.4 is 5.73 Å². The third-order valence-corrected chi connectivity index (χ3v) is 3.46. The molecule has 0 aliphatic carbocycles. The lowest BCUT2D eigenvalue weighted by atomic mass is 10.1. The van der Waals surface area contributed by atoms with E-state index >= 15 is 0 Å². The van der Waals surface area contributed by atoms with Gasteiger partial charge in [0, 0.05) is 6.54 Å². The zero-order valence-corrected chi connectivity index (χ0v) is 12.6. The van der Waals surface area contributed by atoms with Gasteiger partial charge in [-0.1, -0.05) is 44.0 Å². The lowest BCUT2D eigenvalue weighted by Crippen LogP contribution is -1.94. The van der Waals surface area contributed by atoms with Gasteiger partial charge in [-0.25, -0.2) is 0 Å². The highest BCUT2D eigenvalue weighted by atomic mass is 15.1. The van der Waals surface area contributed by atoms with Crippen LogP contribution in [0.1, 0.15) is 37.3 Å². The molecule has 2 aromatic carbocycles.